The van der Waals surface area contributed by atoms with E-state index in [1.54, 1.807) is 29.3 Å². The molecule has 1 aliphatic rings. The van der Waals surface area contributed by atoms with Gasteiger partial charge >= 0.3 is 0 Å². The van der Waals surface area contributed by atoms with E-state index in [4.69, 9.17) is 4.74 Å². The number of hydrogen-bond acceptors (Lipinski definition) is 4. The lowest BCUT2D eigenvalue weighted by Gasteiger charge is -2.23. The number of rotatable bonds is 7. The standard InChI is InChI=1S/C22H23FN4O3/c23-18-6-2-1-4-15(18)7-8-21(28)27(12-16-5-3-10-24-16)13-20-25-19-9-11-30-14-17(19)22(29)26-20/h1-6,10,24H,7-9,11-14H2,(H,25,26,29). The number of H-pyrrole nitrogens is 2. The van der Waals surface area contributed by atoms with E-state index in [9.17, 15) is 14.0 Å². The minimum atomic E-state index is -0.316. The van der Waals surface area contributed by atoms with Gasteiger partial charge in [0, 0.05) is 24.7 Å². The number of ether oxygens (including phenoxy) is 1. The van der Waals surface area contributed by atoms with Crippen LogP contribution in [-0.2, 0) is 42.1 Å². The van der Waals surface area contributed by atoms with Crippen LogP contribution in [0, 0.1) is 5.82 Å². The lowest BCUT2D eigenvalue weighted by atomic mass is 10.1. The number of halogens is 1. The van der Waals surface area contributed by atoms with Gasteiger partial charge in [0.25, 0.3) is 5.56 Å². The molecular weight excluding hydrogens is 387 g/mol. The molecule has 0 radical (unpaired) electrons. The Labute approximate surface area is 172 Å². The van der Waals surface area contributed by atoms with Crippen molar-refractivity contribution in [3.05, 3.63) is 87.1 Å². The molecule has 0 spiro atoms. The first-order valence-corrected chi connectivity index (χ1v) is 9.92. The molecule has 3 heterocycles. The first-order valence-electron chi connectivity index (χ1n) is 9.92. The molecule has 7 nitrogen and oxygen atoms in total. The van der Waals surface area contributed by atoms with Gasteiger partial charge in [0.15, 0.2) is 0 Å². The van der Waals surface area contributed by atoms with Crippen LogP contribution in [0.3, 0.4) is 0 Å². The molecule has 0 bridgehead atoms. The van der Waals surface area contributed by atoms with Crippen LogP contribution >= 0.6 is 0 Å². The van der Waals surface area contributed by atoms with E-state index in [0.717, 1.165) is 11.4 Å². The molecule has 0 saturated carbocycles. The van der Waals surface area contributed by atoms with Gasteiger partial charge in [0.05, 0.1) is 37.6 Å². The molecule has 30 heavy (non-hydrogen) atoms. The maximum Gasteiger partial charge on any atom is 0.256 e. The smallest absolute Gasteiger partial charge is 0.256 e. The quantitative estimate of drug-likeness (QED) is 0.626. The van der Waals surface area contributed by atoms with E-state index in [0.29, 0.717) is 42.9 Å². The van der Waals surface area contributed by atoms with Crippen molar-refractivity contribution in [2.24, 2.45) is 0 Å². The fourth-order valence-corrected chi connectivity index (χ4v) is 3.55. The Morgan fingerprint density at radius 1 is 1.20 bits per heavy atom. The number of hydrogen-bond donors (Lipinski definition) is 2. The lowest BCUT2D eigenvalue weighted by Crippen LogP contribution is -2.33. The zero-order chi connectivity index (χ0) is 20.9. The van der Waals surface area contributed by atoms with Gasteiger partial charge in [0.1, 0.15) is 11.6 Å². The zero-order valence-corrected chi connectivity index (χ0v) is 16.5. The van der Waals surface area contributed by atoms with Gasteiger partial charge in [-0.15, -0.1) is 0 Å². The monoisotopic (exact) mass is 410 g/mol. The highest BCUT2D eigenvalue weighted by Gasteiger charge is 2.20. The van der Waals surface area contributed by atoms with Crippen molar-refractivity contribution < 1.29 is 13.9 Å². The number of aromatic nitrogens is 3. The molecule has 1 aromatic carbocycles. The summed E-state index contributed by atoms with van der Waals surface area (Å²) in [5.41, 5.74) is 2.41. The molecule has 1 aliphatic heterocycles. The van der Waals surface area contributed by atoms with E-state index in [2.05, 4.69) is 15.0 Å². The topological polar surface area (TPSA) is 91.1 Å². The highest BCUT2D eigenvalue weighted by atomic mass is 19.1. The lowest BCUT2D eigenvalue weighted by molar-refractivity contribution is -0.132. The molecule has 0 saturated heterocycles. The summed E-state index contributed by atoms with van der Waals surface area (Å²) in [5, 5.41) is 0. The van der Waals surface area contributed by atoms with Gasteiger partial charge in [-0.1, -0.05) is 18.2 Å². The minimum absolute atomic E-state index is 0.142. The van der Waals surface area contributed by atoms with Crippen molar-refractivity contribution in [2.45, 2.75) is 39.0 Å². The molecule has 0 aliphatic carbocycles. The molecule has 0 unspecified atom stereocenters. The van der Waals surface area contributed by atoms with Gasteiger partial charge in [-0.05, 0) is 30.2 Å². The number of nitrogens with zero attached hydrogens (tertiary/aromatic N) is 2. The number of nitrogens with one attached hydrogen (secondary N) is 2. The van der Waals surface area contributed by atoms with Crippen LogP contribution in [0.1, 0.15) is 34.8 Å². The summed E-state index contributed by atoms with van der Waals surface area (Å²) in [6.07, 6.45) is 2.82. The second-order valence-electron chi connectivity index (χ2n) is 7.28. The van der Waals surface area contributed by atoms with Crippen LogP contribution in [0.2, 0.25) is 0 Å². The minimum Gasteiger partial charge on any atom is -0.376 e. The number of aryl methyl sites for hydroxylation is 1. The molecule has 8 heteroatoms. The first kappa shape index (κ1) is 20.0. The Balaban J connectivity index is 1.52. The number of aromatic amines is 2. The average molecular weight is 410 g/mol. The third-order valence-electron chi connectivity index (χ3n) is 5.16. The van der Waals surface area contributed by atoms with Crippen molar-refractivity contribution in [1.82, 2.24) is 19.9 Å². The third-order valence-corrected chi connectivity index (χ3v) is 5.16. The van der Waals surface area contributed by atoms with Gasteiger partial charge in [0.2, 0.25) is 5.91 Å². The Morgan fingerprint density at radius 3 is 2.87 bits per heavy atom. The molecule has 156 valence electrons. The van der Waals surface area contributed by atoms with E-state index < -0.39 is 0 Å². The Bertz CT molecular complexity index is 1080. The maximum absolute atomic E-state index is 13.9. The van der Waals surface area contributed by atoms with Crippen molar-refractivity contribution in [3.63, 3.8) is 0 Å². The van der Waals surface area contributed by atoms with Crippen LogP contribution in [0.25, 0.3) is 0 Å². The summed E-state index contributed by atoms with van der Waals surface area (Å²) in [5.74, 6) is -0.0212. The number of benzene rings is 1. The van der Waals surface area contributed by atoms with E-state index in [-0.39, 0.29) is 36.9 Å². The fraction of sp³-hybridized carbons (Fsp3) is 0.318. The Kier molecular flexibility index (Phi) is 6.04. The highest BCUT2D eigenvalue weighted by molar-refractivity contribution is 5.76. The van der Waals surface area contributed by atoms with Gasteiger partial charge in [-0.25, -0.2) is 9.37 Å². The fourth-order valence-electron chi connectivity index (χ4n) is 3.55. The van der Waals surface area contributed by atoms with Crippen LogP contribution in [-0.4, -0.2) is 32.4 Å². The SMILES string of the molecule is O=C(CCc1ccccc1F)N(Cc1ccc[nH]1)Cc1nc2c(c(=O)[nH]1)COCC2. The van der Waals surface area contributed by atoms with E-state index >= 15 is 0 Å². The van der Waals surface area contributed by atoms with Gasteiger partial charge < -0.3 is 19.6 Å². The van der Waals surface area contributed by atoms with Gasteiger partial charge in [-0.3, -0.25) is 9.59 Å². The number of amides is 1. The normalized spacial score (nSPS) is 13.1. The third kappa shape index (κ3) is 4.65. The second kappa shape index (κ2) is 9.04. The summed E-state index contributed by atoms with van der Waals surface area (Å²) in [4.78, 5) is 37.4. The summed E-state index contributed by atoms with van der Waals surface area (Å²) < 4.78 is 19.2. The van der Waals surface area contributed by atoms with Crippen molar-refractivity contribution in [3.8, 4) is 0 Å². The summed E-state index contributed by atoms with van der Waals surface area (Å²) in [6.45, 7) is 1.29. The molecule has 2 N–H and O–H groups in total. The summed E-state index contributed by atoms with van der Waals surface area (Å²) in [6, 6.07) is 10.2. The highest BCUT2D eigenvalue weighted by Crippen LogP contribution is 2.15. The van der Waals surface area contributed by atoms with Crippen molar-refractivity contribution in [1.29, 1.82) is 0 Å². The number of carbonyl (C=O) groups is 1. The predicted octanol–water partition coefficient (Wildman–Crippen LogP) is 2.47. The molecule has 2 aromatic heterocycles. The Hall–Kier alpha value is -3.26. The van der Waals surface area contributed by atoms with Crippen LogP contribution in [0.5, 0.6) is 0 Å². The summed E-state index contributed by atoms with van der Waals surface area (Å²) in [7, 11) is 0. The largest absolute Gasteiger partial charge is 0.376 e. The van der Waals surface area contributed by atoms with Gasteiger partial charge in [-0.2, -0.15) is 0 Å². The zero-order valence-electron chi connectivity index (χ0n) is 16.5. The summed E-state index contributed by atoms with van der Waals surface area (Å²) >= 11 is 0. The molecule has 1 amide bonds. The van der Waals surface area contributed by atoms with Crippen molar-refractivity contribution in [2.75, 3.05) is 6.61 Å². The number of carbonyl (C=O) groups excluding carboxylic acids is 1. The van der Waals surface area contributed by atoms with Crippen LogP contribution in [0.15, 0.2) is 47.4 Å². The average Bonchev–Trinajstić information content (AvgIpc) is 3.26. The predicted molar refractivity (Wildman–Crippen MR) is 108 cm³/mol. The molecule has 0 fully saturated rings. The van der Waals surface area contributed by atoms with Crippen molar-refractivity contribution >= 4 is 5.91 Å². The number of fused-ring (bicyclic) bond motifs is 1. The molecule has 3 aromatic rings. The van der Waals surface area contributed by atoms with E-state index in [1.807, 2.05) is 12.1 Å². The van der Waals surface area contributed by atoms with E-state index in [1.165, 1.54) is 6.07 Å². The van der Waals surface area contributed by atoms with Crippen LogP contribution in [0.4, 0.5) is 4.39 Å². The Morgan fingerprint density at radius 2 is 2.07 bits per heavy atom. The second-order valence-corrected chi connectivity index (χ2v) is 7.28. The molecule has 0 atom stereocenters. The first-order chi connectivity index (χ1) is 14.6. The molecule has 4 rings (SSSR count). The van der Waals surface area contributed by atoms with Crippen LogP contribution < -0.4 is 5.56 Å². The maximum atomic E-state index is 13.9. The molecular formula is C22H23FN4O3.